The summed E-state index contributed by atoms with van der Waals surface area (Å²) >= 11 is 0. The molecule has 0 saturated heterocycles. The molecule has 6 atom stereocenters. The van der Waals surface area contributed by atoms with E-state index in [4.69, 9.17) is 4.74 Å². The first-order valence-corrected chi connectivity index (χ1v) is 9.75. The molecule has 3 nitrogen and oxygen atoms in total. The first kappa shape index (κ1) is 18.0. The van der Waals surface area contributed by atoms with Crippen LogP contribution in [0.25, 0.3) is 0 Å². The van der Waals surface area contributed by atoms with Gasteiger partial charge in [-0.05, 0) is 81.0 Å². The monoisotopic (exact) mass is 334 g/mol. The third kappa shape index (κ3) is 2.55. The number of hydrogen-bond acceptors (Lipinski definition) is 3. The van der Waals surface area contributed by atoms with Gasteiger partial charge in [-0.15, -0.1) is 0 Å². The summed E-state index contributed by atoms with van der Waals surface area (Å²) in [6.07, 6.45) is 8.73. The zero-order chi connectivity index (χ0) is 17.5. The van der Waals surface area contributed by atoms with Gasteiger partial charge in [0.2, 0.25) is 0 Å². The molecule has 0 aromatic heterocycles. The molecule has 0 radical (unpaired) electrons. The van der Waals surface area contributed by atoms with Gasteiger partial charge >= 0.3 is 5.97 Å². The van der Waals surface area contributed by atoms with Gasteiger partial charge in [0.15, 0.2) is 0 Å². The summed E-state index contributed by atoms with van der Waals surface area (Å²) in [5.41, 5.74) is 1.24. The van der Waals surface area contributed by atoms with Crippen molar-refractivity contribution >= 4 is 5.97 Å². The highest BCUT2D eigenvalue weighted by molar-refractivity contribution is 5.77. The number of rotatable bonds is 3. The Balaban J connectivity index is 1.92. The number of aliphatic hydroxyl groups excluding tert-OH is 1. The van der Waals surface area contributed by atoms with Crippen molar-refractivity contribution < 1.29 is 14.6 Å². The van der Waals surface area contributed by atoms with Crippen LogP contribution in [0.2, 0.25) is 0 Å². The lowest BCUT2D eigenvalue weighted by molar-refractivity contribution is -0.176. The van der Waals surface area contributed by atoms with Gasteiger partial charge in [0.1, 0.15) is 0 Å². The Morgan fingerprint density at radius 2 is 2.04 bits per heavy atom. The maximum Gasteiger partial charge on any atom is 0.311 e. The number of ether oxygens (including phenoxy) is 1. The Morgan fingerprint density at radius 3 is 2.71 bits per heavy atom. The van der Waals surface area contributed by atoms with Crippen LogP contribution >= 0.6 is 0 Å². The van der Waals surface area contributed by atoms with E-state index in [0.717, 1.165) is 32.1 Å². The van der Waals surface area contributed by atoms with Gasteiger partial charge in [0.25, 0.3) is 0 Å². The Morgan fingerprint density at radius 1 is 1.29 bits per heavy atom. The van der Waals surface area contributed by atoms with E-state index in [1.54, 1.807) is 0 Å². The predicted octanol–water partition coefficient (Wildman–Crippen LogP) is 4.35. The summed E-state index contributed by atoms with van der Waals surface area (Å²) in [4.78, 5) is 12.6. The number of carbonyl (C=O) groups excluding carboxylic acids is 1. The quantitative estimate of drug-likeness (QED) is 0.616. The third-order valence-electron chi connectivity index (χ3n) is 8.04. The largest absolute Gasteiger partial charge is 0.469 e. The van der Waals surface area contributed by atoms with Gasteiger partial charge in [-0.25, -0.2) is 0 Å². The van der Waals surface area contributed by atoms with Gasteiger partial charge in [0.05, 0.1) is 12.5 Å². The van der Waals surface area contributed by atoms with Gasteiger partial charge in [-0.3, -0.25) is 4.79 Å². The van der Waals surface area contributed by atoms with Crippen LogP contribution in [0, 0.1) is 34.5 Å². The summed E-state index contributed by atoms with van der Waals surface area (Å²) in [5.74, 6) is 2.18. The second-order valence-electron chi connectivity index (χ2n) is 8.98. The highest BCUT2D eigenvalue weighted by Crippen LogP contribution is 2.65. The molecule has 3 fully saturated rings. The zero-order valence-electron chi connectivity index (χ0n) is 15.6. The van der Waals surface area contributed by atoms with E-state index in [-0.39, 0.29) is 23.4 Å². The number of carbonyl (C=O) groups is 1. The van der Waals surface area contributed by atoms with Crippen molar-refractivity contribution in [2.75, 3.05) is 13.7 Å². The molecule has 3 saturated carbocycles. The molecule has 136 valence electrons. The zero-order valence-corrected chi connectivity index (χ0v) is 15.6. The predicted molar refractivity (Wildman–Crippen MR) is 95.4 cm³/mol. The molecule has 1 N–H and O–H groups in total. The second-order valence-corrected chi connectivity index (χ2v) is 8.98. The van der Waals surface area contributed by atoms with E-state index in [1.807, 2.05) is 0 Å². The van der Waals surface area contributed by atoms with Crippen LogP contribution in [-0.2, 0) is 9.53 Å². The first-order valence-electron chi connectivity index (χ1n) is 9.75. The molecule has 0 aromatic carbocycles. The first-order chi connectivity index (χ1) is 11.4. The van der Waals surface area contributed by atoms with Crippen LogP contribution < -0.4 is 0 Å². The van der Waals surface area contributed by atoms with Crippen molar-refractivity contribution in [3.63, 3.8) is 0 Å². The van der Waals surface area contributed by atoms with E-state index >= 15 is 0 Å². The van der Waals surface area contributed by atoms with E-state index in [0.29, 0.717) is 23.7 Å². The molecule has 3 rings (SSSR count). The van der Waals surface area contributed by atoms with E-state index < -0.39 is 0 Å². The highest BCUT2D eigenvalue weighted by atomic mass is 16.5. The van der Waals surface area contributed by atoms with Crippen LogP contribution in [0.4, 0.5) is 0 Å². The molecule has 3 aliphatic carbocycles. The molecule has 3 heteroatoms. The van der Waals surface area contributed by atoms with Crippen molar-refractivity contribution in [2.24, 2.45) is 34.5 Å². The van der Waals surface area contributed by atoms with E-state index in [1.165, 1.54) is 31.9 Å². The van der Waals surface area contributed by atoms with Crippen LogP contribution in [0.5, 0.6) is 0 Å². The summed E-state index contributed by atoms with van der Waals surface area (Å²) in [5, 5.41) is 9.51. The smallest absolute Gasteiger partial charge is 0.311 e. The maximum atomic E-state index is 12.6. The SMILES string of the molecule is C=C1CC[C@H]2[C@@H](CC[C@@H]3[C@]2(C)CCC[C@@]3(C)C(=O)OC)[C@H]1CCO. The van der Waals surface area contributed by atoms with E-state index in [9.17, 15) is 9.90 Å². The lowest BCUT2D eigenvalue weighted by Crippen LogP contribution is -2.57. The molecule has 0 amide bonds. The molecule has 0 aliphatic heterocycles. The number of allylic oxidation sites excluding steroid dienone is 1. The molecule has 24 heavy (non-hydrogen) atoms. The van der Waals surface area contributed by atoms with Gasteiger partial charge in [-0.1, -0.05) is 25.5 Å². The minimum Gasteiger partial charge on any atom is -0.469 e. The molecular weight excluding hydrogens is 300 g/mol. The highest BCUT2D eigenvalue weighted by Gasteiger charge is 2.60. The van der Waals surface area contributed by atoms with Gasteiger partial charge in [-0.2, -0.15) is 0 Å². The fraction of sp³-hybridized carbons (Fsp3) is 0.857. The topological polar surface area (TPSA) is 46.5 Å². The minimum atomic E-state index is -0.326. The molecular formula is C21H34O3. The number of esters is 1. The van der Waals surface area contributed by atoms with Crippen LogP contribution in [0.3, 0.4) is 0 Å². The fourth-order valence-electron chi connectivity index (χ4n) is 6.94. The summed E-state index contributed by atoms with van der Waals surface area (Å²) < 4.78 is 5.21. The summed E-state index contributed by atoms with van der Waals surface area (Å²) in [6, 6.07) is 0. The molecule has 0 spiro atoms. The molecule has 3 aliphatic rings. The van der Waals surface area contributed by atoms with Gasteiger partial charge in [0, 0.05) is 6.61 Å². The van der Waals surface area contributed by atoms with E-state index in [2.05, 4.69) is 20.4 Å². The lowest BCUT2D eigenvalue weighted by atomic mass is 9.43. The Hall–Kier alpha value is -0.830. The third-order valence-corrected chi connectivity index (χ3v) is 8.04. The minimum absolute atomic E-state index is 0.0102. The summed E-state index contributed by atoms with van der Waals surface area (Å²) in [6.45, 7) is 9.16. The number of hydrogen-bond donors (Lipinski definition) is 1. The molecule has 0 bridgehead atoms. The fourth-order valence-corrected chi connectivity index (χ4v) is 6.94. The number of methoxy groups -OCH3 is 1. The normalized spacial score (nSPS) is 45.2. The van der Waals surface area contributed by atoms with Crippen molar-refractivity contribution in [1.29, 1.82) is 0 Å². The number of aliphatic hydroxyl groups is 1. The average Bonchev–Trinajstić information content (AvgIpc) is 2.56. The second kappa shape index (κ2) is 6.48. The molecule has 0 heterocycles. The van der Waals surface area contributed by atoms with Crippen LogP contribution in [0.1, 0.15) is 65.2 Å². The lowest BCUT2D eigenvalue weighted by Gasteiger charge is -2.61. The maximum absolute atomic E-state index is 12.6. The van der Waals surface area contributed by atoms with Crippen LogP contribution in [0.15, 0.2) is 12.2 Å². The Bertz CT molecular complexity index is 513. The van der Waals surface area contributed by atoms with Crippen molar-refractivity contribution in [3.8, 4) is 0 Å². The molecule has 0 aromatic rings. The Kier molecular flexibility index (Phi) is 4.85. The van der Waals surface area contributed by atoms with Crippen molar-refractivity contribution in [1.82, 2.24) is 0 Å². The molecule has 0 unspecified atom stereocenters. The Labute approximate surface area is 146 Å². The standard InChI is InChI=1S/C21H34O3/c1-14-6-8-17-16(15(14)10-13-22)7-9-18-20(17,2)11-5-12-21(18,3)19(23)24-4/h15-18,22H,1,5-13H2,2-4H3/t15-,16-,17-,18+,20+,21+/m0/s1. The average molecular weight is 335 g/mol. The van der Waals surface area contributed by atoms with Crippen LogP contribution in [-0.4, -0.2) is 24.8 Å². The van der Waals surface area contributed by atoms with Crippen molar-refractivity contribution in [2.45, 2.75) is 65.2 Å². The summed E-state index contributed by atoms with van der Waals surface area (Å²) in [7, 11) is 1.53. The van der Waals surface area contributed by atoms with Crippen molar-refractivity contribution in [3.05, 3.63) is 12.2 Å². The number of fused-ring (bicyclic) bond motifs is 3. The van der Waals surface area contributed by atoms with Gasteiger partial charge < -0.3 is 9.84 Å².